The summed E-state index contributed by atoms with van der Waals surface area (Å²) < 4.78 is 16.0. The molecule has 24 heavy (non-hydrogen) atoms. The van der Waals surface area contributed by atoms with E-state index in [0.717, 1.165) is 0 Å². The highest BCUT2D eigenvalue weighted by Crippen LogP contribution is 2.18. The molecule has 142 valence electrons. The molecule has 0 bridgehead atoms. The molecule has 2 unspecified atom stereocenters. The fraction of sp³-hybridized carbons (Fsp3) is 0.889. The van der Waals surface area contributed by atoms with Gasteiger partial charge in [-0.25, -0.2) is 4.79 Å². The Morgan fingerprint density at radius 2 is 1.79 bits per heavy atom. The van der Waals surface area contributed by atoms with E-state index in [0.29, 0.717) is 39.1 Å². The molecule has 0 aliphatic rings. The van der Waals surface area contributed by atoms with Gasteiger partial charge in [0.15, 0.2) is 5.78 Å². The van der Waals surface area contributed by atoms with Gasteiger partial charge in [0.25, 0.3) is 0 Å². The maximum atomic E-state index is 12.6. The third-order valence-corrected chi connectivity index (χ3v) is 3.63. The second kappa shape index (κ2) is 11.4. The first kappa shape index (κ1) is 22.9. The number of Topliss-reactive ketones (excluding diaryl/α,β-unsaturated/α-hetero) is 1. The maximum absolute atomic E-state index is 12.6. The van der Waals surface area contributed by atoms with Crippen molar-refractivity contribution in [3.05, 3.63) is 0 Å². The fourth-order valence-electron chi connectivity index (χ4n) is 2.38. The highest BCUT2D eigenvalue weighted by Gasteiger charge is 2.34. The van der Waals surface area contributed by atoms with Crippen LogP contribution in [0.3, 0.4) is 0 Å². The Hall–Kier alpha value is -1.14. The van der Waals surface area contributed by atoms with Gasteiger partial charge in [0.2, 0.25) is 0 Å². The molecular weight excluding hydrogens is 310 g/mol. The van der Waals surface area contributed by atoms with E-state index in [1.165, 1.54) is 4.90 Å². The Labute approximate surface area is 146 Å². The molecule has 0 heterocycles. The van der Waals surface area contributed by atoms with E-state index < -0.39 is 17.7 Å². The molecule has 0 rings (SSSR count). The average molecular weight is 345 g/mol. The second-order valence-corrected chi connectivity index (χ2v) is 6.85. The van der Waals surface area contributed by atoms with Gasteiger partial charge < -0.3 is 14.2 Å². The lowest BCUT2D eigenvalue weighted by Crippen LogP contribution is -2.52. The van der Waals surface area contributed by atoms with Gasteiger partial charge in [0, 0.05) is 26.7 Å². The maximum Gasteiger partial charge on any atom is 0.411 e. The molecule has 0 saturated carbocycles. The summed E-state index contributed by atoms with van der Waals surface area (Å²) in [4.78, 5) is 26.6. The van der Waals surface area contributed by atoms with Crippen LogP contribution in [-0.2, 0) is 19.0 Å². The number of methoxy groups -OCH3 is 1. The van der Waals surface area contributed by atoms with Crippen molar-refractivity contribution in [3.63, 3.8) is 0 Å². The van der Waals surface area contributed by atoms with E-state index in [2.05, 4.69) is 0 Å². The monoisotopic (exact) mass is 345 g/mol. The Bertz CT molecular complexity index is 378. The number of amides is 1. The lowest BCUT2D eigenvalue weighted by atomic mass is 10.1. The Kier molecular flexibility index (Phi) is 10.9. The number of nitrogens with zero attached hydrogens (tertiary/aromatic N) is 1. The summed E-state index contributed by atoms with van der Waals surface area (Å²) in [6.07, 6.45) is 1.24. The van der Waals surface area contributed by atoms with E-state index in [-0.39, 0.29) is 11.8 Å². The predicted octanol–water partition coefficient (Wildman–Crippen LogP) is 3.42. The summed E-state index contributed by atoms with van der Waals surface area (Å²) in [5, 5.41) is 0. The van der Waals surface area contributed by atoms with Crippen LogP contribution in [0.25, 0.3) is 0 Å². The van der Waals surface area contributed by atoms with Gasteiger partial charge in [0.05, 0.1) is 18.7 Å². The van der Waals surface area contributed by atoms with Crippen LogP contribution in [0.4, 0.5) is 4.79 Å². The van der Waals surface area contributed by atoms with Crippen molar-refractivity contribution in [2.75, 3.05) is 26.9 Å². The van der Waals surface area contributed by atoms with Gasteiger partial charge in [-0.1, -0.05) is 6.92 Å². The van der Waals surface area contributed by atoms with Crippen LogP contribution in [-0.4, -0.2) is 61.4 Å². The lowest BCUT2D eigenvalue weighted by Gasteiger charge is -2.36. The summed E-state index contributed by atoms with van der Waals surface area (Å²) in [7, 11) is 1.59. The van der Waals surface area contributed by atoms with Crippen molar-refractivity contribution < 1.29 is 23.8 Å². The fourth-order valence-corrected chi connectivity index (χ4v) is 2.38. The number of carbonyl (C=O) groups is 2. The zero-order valence-corrected chi connectivity index (χ0v) is 16.4. The third-order valence-electron chi connectivity index (χ3n) is 3.63. The summed E-state index contributed by atoms with van der Waals surface area (Å²) in [6, 6.07) is -0.753. The molecule has 0 fully saturated rings. The third kappa shape index (κ3) is 8.64. The number of carbonyl (C=O) groups excluding carboxylic acids is 2. The molecule has 0 aliphatic heterocycles. The van der Waals surface area contributed by atoms with Crippen LogP contribution in [0.5, 0.6) is 0 Å². The number of hydrogen-bond acceptors (Lipinski definition) is 5. The number of ketones is 1. The van der Waals surface area contributed by atoms with Crippen LogP contribution in [0.15, 0.2) is 0 Å². The molecule has 0 aromatic rings. The molecule has 1 amide bonds. The molecule has 0 aromatic heterocycles. The van der Waals surface area contributed by atoms with E-state index in [1.807, 2.05) is 34.6 Å². The van der Waals surface area contributed by atoms with E-state index in [1.54, 1.807) is 14.0 Å². The molecule has 0 N–H and O–H groups in total. The summed E-state index contributed by atoms with van der Waals surface area (Å²) in [5.74, 6) is 0.00937. The first-order chi connectivity index (χ1) is 11.2. The van der Waals surface area contributed by atoms with Crippen LogP contribution in [0.1, 0.15) is 60.8 Å². The Morgan fingerprint density at radius 1 is 1.17 bits per heavy atom. The minimum absolute atomic E-state index is 0.00937. The smallest absolute Gasteiger partial charge is 0.411 e. The summed E-state index contributed by atoms with van der Waals surface area (Å²) >= 11 is 0. The van der Waals surface area contributed by atoms with Crippen molar-refractivity contribution >= 4 is 11.9 Å². The van der Waals surface area contributed by atoms with Gasteiger partial charge in [-0.05, 0) is 47.5 Å². The van der Waals surface area contributed by atoms with Gasteiger partial charge >= 0.3 is 6.09 Å². The van der Waals surface area contributed by atoms with Crippen molar-refractivity contribution in [2.24, 2.45) is 0 Å². The highest BCUT2D eigenvalue weighted by atomic mass is 16.6. The second-order valence-electron chi connectivity index (χ2n) is 6.85. The zero-order valence-electron chi connectivity index (χ0n) is 16.4. The van der Waals surface area contributed by atoms with Crippen molar-refractivity contribution in [2.45, 2.75) is 78.5 Å². The van der Waals surface area contributed by atoms with Crippen molar-refractivity contribution in [1.82, 2.24) is 4.90 Å². The minimum Gasteiger partial charge on any atom is -0.444 e. The average Bonchev–Trinajstić information content (AvgIpc) is 2.48. The molecule has 2 atom stereocenters. The van der Waals surface area contributed by atoms with Crippen molar-refractivity contribution in [1.29, 1.82) is 0 Å². The largest absolute Gasteiger partial charge is 0.444 e. The predicted molar refractivity (Wildman–Crippen MR) is 94.2 cm³/mol. The standard InChI is InChI=1S/C18H35NO5/c1-8-15(13-22-7)19(17(21)24-18(4,5)6)14(3)16(20)11-10-12-23-9-2/h14-15H,8-13H2,1-7H3. The normalized spacial score (nSPS) is 14.1. The van der Waals surface area contributed by atoms with Crippen LogP contribution in [0, 0.1) is 0 Å². The topological polar surface area (TPSA) is 65.1 Å². The number of hydrogen-bond donors (Lipinski definition) is 0. The summed E-state index contributed by atoms with van der Waals surface area (Å²) in [5.41, 5.74) is -0.613. The van der Waals surface area contributed by atoms with Crippen LogP contribution in [0.2, 0.25) is 0 Å². The minimum atomic E-state index is -0.613. The lowest BCUT2D eigenvalue weighted by molar-refractivity contribution is -0.125. The van der Waals surface area contributed by atoms with Gasteiger partial charge in [-0.2, -0.15) is 0 Å². The SMILES string of the molecule is CCOCCCC(=O)C(C)N(C(=O)OC(C)(C)C)C(CC)COC. The number of rotatable bonds is 11. The van der Waals surface area contributed by atoms with E-state index in [9.17, 15) is 9.59 Å². The zero-order chi connectivity index (χ0) is 18.8. The molecule has 6 nitrogen and oxygen atoms in total. The van der Waals surface area contributed by atoms with Gasteiger partial charge in [-0.15, -0.1) is 0 Å². The Morgan fingerprint density at radius 3 is 2.25 bits per heavy atom. The van der Waals surface area contributed by atoms with E-state index >= 15 is 0 Å². The number of ether oxygens (including phenoxy) is 3. The van der Waals surface area contributed by atoms with Crippen LogP contribution >= 0.6 is 0 Å². The van der Waals surface area contributed by atoms with Gasteiger partial charge in [0.1, 0.15) is 5.60 Å². The molecule has 0 saturated heterocycles. The molecule has 0 spiro atoms. The molecule has 0 aliphatic carbocycles. The van der Waals surface area contributed by atoms with Gasteiger partial charge in [-0.3, -0.25) is 9.69 Å². The Balaban J connectivity index is 5.07. The molecular formula is C18H35NO5. The quantitative estimate of drug-likeness (QED) is 0.537. The molecule has 0 aromatic carbocycles. The molecule has 6 heteroatoms. The first-order valence-corrected chi connectivity index (χ1v) is 8.78. The first-order valence-electron chi connectivity index (χ1n) is 8.78. The van der Waals surface area contributed by atoms with E-state index in [4.69, 9.17) is 14.2 Å². The summed E-state index contributed by atoms with van der Waals surface area (Å²) in [6.45, 7) is 12.6. The highest BCUT2D eigenvalue weighted by molar-refractivity contribution is 5.87. The molecule has 0 radical (unpaired) electrons. The van der Waals surface area contributed by atoms with Crippen LogP contribution < -0.4 is 0 Å². The van der Waals surface area contributed by atoms with Crippen molar-refractivity contribution in [3.8, 4) is 0 Å².